The second-order valence-electron chi connectivity index (χ2n) is 5.45. The first-order chi connectivity index (χ1) is 9.33. The fourth-order valence-electron chi connectivity index (χ4n) is 2.70. The van der Waals surface area contributed by atoms with Crippen LogP contribution in [0, 0.1) is 0 Å². The molecule has 2 aliphatic rings. The van der Waals surface area contributed by atoms with Crippen LogP contribution >= 0.6 is 0 Å². The lowest BCUT2D eigenvalue weighted by Gasteiger charge is -2.33. The molecule has 104 valence electrons. The van der Waals surface area contributed by atoms with Crippen LogP contribution in [0.3, 0.4) is 0 Å². The Balaban J connectivity index is 1.72. The van der Waals surface area contributed by atoms with E-state index in [1.165, 1.54) is 19.3 Å². The van der Waals surface area contributed by atoms with E-state index in [9.17, 15) is 0 Å². The van der Waals surface area contributed by atoms with Crippen molar-refractivity contribution in [2.24, 2.45) is 0 Å². The second kappa shape index (κ2) is 5.69. The summed E-state index contributed by atoms with van der Waals surface area (Å²) in [7, 11) is 2.15. The summed E-state index contributed by atoms with van der Waals surface area (Å²) in [6.45, 7) is 6.31. The molecule has 0 aromatic carbocycles. The average Bonchev–Trinajstić information content (AvgIpc) is 2.49. The maximum absolute atomic E-state index is 4.70. The van der Waals surface area contributed by atoms with Gasteiger partial charge in [0.1, 0.15) is 0 Å². The molecule has 2 aliphatic heterocycles. The molecule has 0 radical (unpaired) electrons. The summed E-state index contributed by atoms with van der Waals surface area (Å²) in [5, 5.41) is 8.35. The van der Waals surface area contributed by atoms with Crippen molar-refractivity contribution in [2.45, 2.75) is 19.3 Å². The van der Waals surface area contributed by atoms with Gasteiger partial charge in [0.25, 0.3) is 0 Å². The number of hydrogen-bond acceptors (Lipinski definition) is 6. The monoisotopic (exact) mass is 262 g/mol. The number of piperidine rings is 1. The Morgan fingerprint density at radius 3 is 2.37 bits per heavy atom. The molecular weight excluding hydrogens is 240 g/mol. The molecule has 19 heavy (non-hydrogen) atoms. The summed E-state index contributed by atoms with van der Waals surface area (Å²) in [6, 6.07) is 0. The number of piperazine rings is 1. The minimum absolute atomic E-state index is 0.788. The Morgan fingerprint density at radius 1 is 0.895 bits per heavy atom. The van der Waals surface area contributed by atoms with Crippen molar-refractivity contribution in [3.8, 4) is 0 Å². The molecule has 6 heteroatoms. The molecule has 0 amide bonds. The van der Waals surface area contributed by atoms with E-state index >= 15 is 0 Å². The average molecular weight is 262 g/mol. The molecular formula is C13H22N6. The number of nitrogens with zero attached hydrogens (tertiary/aromatic N) is 6. The Bertz CT molecular complexity index is 409. The summed E-state index contributed by atoms with van der Waals surface area (Å²) < 4.78 is 0. The Labute approximate surface area is 114 Å². The zero-order valence-corrected chi connectivity index (χ0v) is 11.6. The molecule has 2 saturated heterocycles. The number of aromatic nitrogens is 3. The van der Waals surface area contributed by atoms with Gasteiger partial charge in [0.2, 0.25) is 5.95 Å². The van der Waals surface area contributed by atoms with Crippen LogP contribution in [0.4, 0.5) is 11.8 Å². The molecule has 6 nitrogen and oxygen atoms in total. The second-order valence-corrected chi connectivity index (χ2v) is 5.45. The molecule has 0 aliphatic carbocycles. The third kappa shape index (κ3) is 2.94. The SMILES string of the molecule is CN1CCN(c2nncc(N3CCCCC3)n2)CC1. The fraction of sp³-hybridized carbons (Fsp3) is 0.769. The van der Waals surface area contributed by atoms with Crippen molar-refractivity contribution in [1.82, 2.24) is 20.1 Å². The van der Waals surface area contributed by atoms with Gasteiger partial charge in [-0.2, -0.15) is 10.1 Å². The first-order valence-corrected chi connectivity index (χ1v) is 7.21. The first-order valence-electron chi connectivity index (χ1n) is 7.21. The molecule has 0 unspecified atom stereocenters. The highest BCUT2D eigenvalue weighted by Crippen LogP contribution is 2.18. The summed E-state index contributed by atoms with van der Waals surface area (Å²) in [5.74, 6) is 1.78. The highest BCUT2D eigenvalue weighted by Gasteiger charge is 2.19. The van der Waals surface area contributed by atoms with Crippen LogP contribution in [-0.4, -0.2) is 66.4 Å². The standard InChI is InChI=1S/C13H22N6/c1-17-7-9-19(10-8-17)13-15-12(11-14-16-13)18-5-3-2-4-6-18/h11H,2-10H2,1H3. The van der Waals surface area contributed by atoms with E-state index in [2.05, 4.69) is 31.9 Å². The molecule has 1 aromatic heterocycles. The van der Waals surface area contributed by atoms with Gasteiger partial charge in [-0.25, -0.2) is 0 Å². The maximum atomic E-state index is 4.70. The van der Waals surface area contributed by atoms with Crippen LogP contribution in [0.5, 0.6) is 0 Å². The zero-order chi connectivity index (χ0) is 13.1. The van der Waals surface area contributed by atoms with E-state index in [-0.39, 0.29) is 0 Å². The van der Waals surface area contributed by atoms with Gasteiger partial charge in [0.15, 0.2) is 5.82 Å². The van der Waals surface area contributed by atoms with Gasteiger partial charge >= 0.3 is 0 Å². The maximum Gasteiger partial charge on any atom is 0.247 e. The minimum atomic E-state index is 0.788. The number of rotatable bonds is 2. The minimum Gasteiger partial charge on any atom is -0.355 e. The molecule has 0 bridgehead atoms. The molecule has 3 heterocycles. The van der Waals surface area contributed by atoms with Crippen LogP contribution in [0.25, 0.3) is 0 Å². The topological polar surface area (TPSA) is 48.4 Å². The van der Waals surface area contributed by atoms with E-state index in [1.807, 2.05) is 0 Å². The van der Waals surface area contributed by atoms with Gasteiger partial charge in [-0.1, -0.05) is 0 Å². The van der Waals surface area contributed by atoms with Crippen molar-refractivity contribution in [3.63, 3.8) is 0 Å². The quantitative estimate of drug-likeness (QED) is 0.778. The van der Waals surface area contributed by atoms with Gasteiger partial charge in [0.05, 0.1) is 6.20 Å². The van der Waals surface area contributed by atoms with E-state index in [4.69, 9.17) is 4.98 Å². The number of likely N-dealkylation sites (N-methyl/N-ethyl adjacent to an activating group) is 1. The Hall–Kier alpha value is -1.43. The van der Waals surface area contributed by atoms with Crippen LogP contribution in [0.2, 0.25) is 0 Å². The molecule has 0 N–H and O–H groups in total. The van der Waals surface area contributed by atoms with E-state index in [0.29, 0.717) is 0 Å². The normalized spacial score (nSPS) is 21.7. The van der Waals surface area contributed by atoms with Crippen LogP contribution in [0.15, 0.2) is 6.20 Å². The van der Waals surface area contributed by atoms with Gasteiger partial charge in [-0.15, -0.1) is 5.10 Å². The lowest BCUT2D eigenvalue weighted by atomic mass is 10.1. The molecule has 2 fully saturated rings. The predicted molar refractivity (Wildman–Crippen MR) is 75.6 cm³/mol. The van der Waals surface area contributed by atoms with Crippen LogP contribution in [0.1, 0.15) is 19.3 Å². The largest absolute Gasteiger partial charge is 0.355 e. The number of anilines is 2. The predicted octanol–water partition coefficient (Wildman–Crippen LogP) is 0.614. The summed E-state index contributed by atoms with van der Waals surface area (Å²) in [6.07, 6.45) is 5.65. The molecule has 1 aromatic rings. The van der Waals surface area contributed by atoms with Crippen molar-refractivity contribution in [3.05, 3.63) is 6.20 Å². The van der Waals surface area contributed by atoms with Crippen molar-refractivity contribution in [1.29, 1.82) is 0 Å². The Morgan fingerprint density at radius 2 is 1.63 bits per heavy atom. The van der Waals surface area contributed by atoms with Gasteiger partial charge in [-0.3, -0.25) is 0 Å². The van der Waals surface area contributed by atoms with Gasteiger partial charge in [-0.05, 0) is 26.3 Å². The number of hydrogen-bond donors (Lipinski definition) is 0. The third-order valence-electron chi connectivity index (χ3n) is 4.00. The van der Waals surface area contributed by atoms with E-state index in [1.54, 1.807) is 6.20 Å². The lowest BCUT2D eigenvalue weighted by Crippen LogP contribution is -2.45. The van der Waals surface area contributed by atoms with Crippen molar-refractivity contribution >= 4 is 11.8 Å². The van der Waals surface area contributed by atoms with Crippen LogP contribution in [-0.2, 0) is 0 Å². The van der Waals surface area contributed by atoms with E-state index < -0.39 is 0 Å². The van der Waals surface area contributed by atoms with Gasteiger partial charge in [0, 0.05) is 39.3 Å². The van der Waals surface area contributed by atoms with Gasteiger partial charge < -0.3 is 14.7 Å². The first kappa shape index (κ1) is 12.6. The van der Waals surface area contributed by atoms with E-state index in [0.717, 1.165) is 51.0 Å². The Kier molecular flexibility index (Phi) is 3.77. The smallest absolute Gasteiger partial charge is 0.247 e. The summed E-state index contributed by atoms with van der Waals surface area (Å²) in [4.78, 5) is 11.6. The third-order valence-corrected chi connectivity index (χ3v) is 4.00. The highest BCUT2D eigenvalue weighted by molar-refractivity contribution is 5.42. The highest BCUT2D eigenvalue weighted by atomic mass is 15.4. The van der Waals surface area contributed by atoms with Crippen molar-refractivity contribution < 1.29 is 0 Å². The summed E-state index contributed by atoms with van der Waals surface area (Å²) in [5.41, 5.74) is 0. The fourth-order valence-corrected chi connectivity index (χ4v) is 2.70. The molecule has 0 atom stereocenters. The van der Waals surface area contributed by atoms with Crippen molar-refractivity contribution in [2.75, 3.05) is 56.1 Å². The molecule has 3 rings (SSSR count). The molecule has 0 saturated carbocycles. The summed E-state index contributed by atoms with van der Waals surface area (Å²) >= 11 is 0. The zero-order valence-electron chi connectivity index (χ0n) is 11.6. The molecule has 0 spiro atoms. The van der Waals surface area contributed by atoms with Crippen LogP contribution < -0.4 is 9.80 Å². The lowest BCUT2D eigenvalue weighted by molar-refractivity contribution is 0.311.